The van der Waals surface area contributed by atoms with Crippen LogP contribution in [0.25, 0.3) is 0 Å². The summed E-state index contributed by atoms with van der Waals surface area (Å²) in [6, 6.07) is 7.40. The summed E-state index contributed by atoms with van der Waals surface area (Å²) in [7, 11) is 0. The lowest BCUT2D eigenvalue weighted by atomic mass is 9.91. The van der Waals surface area contributed by atoms with Crippen molar-refractivity contribution in [2.24, 2.45) is 0 Å². The van der Waals surface area contributed by atoms with Crippen LogP contribution >= 0.6 is 15.9 Å². The minimum absolute atomic E-state index is 0.177. The maximum Gasteiger partial charge on any atom is 0.227 e. The molecule has 0 bridgehead atoms. The molecule has 0 radical (unpaired) electrons. The van der Waals surface area contributed by atoms with Gasteiger partial charge in [0.05, 0.1) is 6.42 Å². The van der Waals surface area contributed by atoms with Gasteiger partial charge in [0.25, 0.3) is 0 Å². The summed E-state index contributed by atoms with van der Waals surface area (Å²) >= 11 is 3.42. The van der Waals surface area contributed by atoms with Crippen LogP contribution in [0, 0.1) is 0 Å². The maximum absolute atomic E-state index is 12.4. The molecule has 0 heterocycles. The zero-order valence-electron chi connectivity index (χ0n) is 11.0. The van der Waals surface area contributed by atoms with Crippen LogP contribution in [0.5, 0.6) is 5.75 Å². The van der Waals surface area contributed by atoms with E-state index in [1.54, 1.807) is 18.2 Å². The zero-order valence-corrected chi connectivity index (χ0v) is 12.6. The molecule has 3 nitrogen and oxygen atoms in total. The fourth-order valence-corrected chi connectivity index (χ4v) is 2.63. The van der Waals surface area contributed by atoms with E-state index in [9.17, 15) is 9.90 Å². The lowest BCUT2D eigenvalue weighted by molar-refractivity contribution is -0.134. The number of phenolic OH excluding ortho intramolecular Hbond substituents is 1. The van der Waals surface area contributed by atoms with Crippen molar-refractivity contribution in [1.82, 2.24) is 4.90 Å². The largest absolute Gasteiger partial charge is 0.508 e. The Bertz CT molecular complexity index is 432. The number of alkyl halides is 1. The van der Waals surface area contributed by atoms with E-state index in [2.05, 4.69) is 15.9 Å². The van der Waals surface area contributed by atoms with Crippen molar-refractivity contribution < 1.29 is 9.90 Å². The van der Waals surface area contributed by atoms with Crippen molar-refractivity contribution >= 4 is 21.8 Å². The number of rotatable bonds is 6. The molecule has 1 N–H and O–H groups in total. The predicted molar refractivity (Wildman–Crippen MR) is 79.6 cm³/mol. The number of carbonyl (C=O) groups excluding carboxylic acids is 1. The molecule has 1 aliphatic rings. The number of carbonyl (C=O) groups is 1. The van der Waals surface area contributed by atoms with Gasteiger partial charge in [0, 0.05) is 17.9 Å². The molecule has 0 unspecified atom stereocenters. The van der Waals surface area contributed by atoms with E-state index in [1.807, 2.05) is 11.0 Å². The van der Waals surface area contributed by atoms with E-state index in [0.29, 0.717) is 12.5 Å². The SMILES string of the molecule is O=C(Cc1cccc(O)c1)N(CCCBr)C1CCC1. The molecule has 104 valence electrons. The van der Waals surface area contributed by atoms with Gasteiger partial charge in [-0.2, -0.15) is 0 Å². The Labute approximate surface area is 122 Å². The molecular formula is C15H20BrNO2. The van der Waals surface area contributed by atoms with Crippen LogP contribution in [0.2, 0.25) is 0 Å². The van der Waals surface area contributed by atoms with Crippen LogP contribution in [-0.4, -0.2) is 33.8 Å². The van der Waals surface area contributed by atoms with E-state index in [-0.39, 0.29) is 11.7 Å². The van der Waals surface area contributed by atoms with Gasteiger partial charge in [0.2, 0.25) is 5.91 Å². The molecule has 1 fully saturated rings. The quantitative estimate of drug-likeness (QED) is 0.816. The second-order valence-corrected chi connectivity index (χ2v) is 5.85. The van der Waals surface area contributed by atoms with Gasteiger partial charge in [-0.15, -0.1) is 0 Å². The van der Waals surface area contributed by atoms with E-state index >= 15 is 0 Å². The average Bonchev–Trinajstić information content (AvgIpc) is 2.31. The number of hydrogen-bond acceptors (Lipinski definition) is 2. The number of hydrogen-bond donors (Lipinski definition) is 1. The molecule has 0 aliphatic heterocycles. The molecule has 4 heteroatoms. The highest BCUT2D eigenvalue weighted by molar-refractivity contribution is 9.09. The van der Waals surface area contributed by atoms with Crippen molar-refractivity contribution in [3.63, 3.8) is 0 Å². The van der Waals surface area contributed by atoms with Crippen LogP contribution in [0.3, 0.4) is 0 Å². The van der Waals surface area contributed by atoms with E-state index < -0.39 is 0 Å². The first-order chi connectivity index (χ1) is 9.20. The molecule has 0 aromatic heterocycles. The van der Waals surface area contributed by atoms with Crippen molar-refractivity contribution in [3.05, 3.63) is 29.8 Å². The number of halogens is 1. The molecule has 1 amide bonds. The normalized spacial score (nSPS) is 15.0. The van der Waals surface area contributed by atoms with Crippen LogP contribution in [-0.2, 0) is 11.2 Å². The van der Waals surface area contributed by atoms with Gasteiger partial charge in [0.1, 0.15) is 5.75 Å². The molecule has 0 atom stereocenters. The lowest BCUT2D eigenvalue weighted by Crippen LogP contribution is -2.45. The smallest absolute Gasteiger partial charge is 0.227 e. The van der Waals surface area contributed by atoms with Gasteiger partial charge in [-0.05, 0) is 43.4 Å². The highest BCUT2D eigenvalue weighted by Gasteiger charge is 2.28. The summed E-state index contributed by atoms with van der Waals surface area (Å²) in [6.45, 7) is 0.827. The third kappa shape index (κ3) is 3.96. The summed E-state index contributed by atoms with van der Waals surface area (Å²) in [5.41, 5.74) is 0.883. The van der Waals surface area contributed by atoms with Crippen molar-refractivity contribution in [2.75, 3.05) is 11.9 Å². The summed E-state index contributed by atoms with van der Waals surface area (Å²) in [5, 5.41) is 10.4. The molecular weight excluding hydrogens is 306 g/mol. The van der Waals surface area contributed by atoms with Gasteiger partial charge in [-0.25, -0.2) is 0 Å². The molecule has 1 saturated carbocycles. The first-order valence-corrected chi connectivity index (χ1v) is 7.96. The van der Waals surface area contributed by atoms with Crippen molar-refractivity contribution in [2.45, 2.75) is 38.1 Å². The minimum atomic E-state index is 0.177. The second kappa shape index (κ2) is 6.94. The van der Waals surface area contributed by atoms with Crippen molar-refractivity contribution in [3.8, 4) is 5.75 Å². The molecule has 1 aromatic carbocycles. The Kier molecular flexibility index (Phi) is 5.25. The standard InChI is InChI=1S/C15H20BrNO2/c16-8-3-9-17(13-5-2-6-13)15(19)11-12-4-1-7-14(18)10-12/h1,4,7,10,13,18H,2-3,5-6,8-9,11H2. The number of amides is 1. The zero-order chi connectivity index (χ0) is 13.7. The Balaban J connectivity index is 1.98. The highest BCUT2D eigenvalue weighted by Crippen LogP contribution is 2.26. The summed E-state index contributed by atoms with van der Waals surface area (Å²) < 4.78 is 0. The minimum Gasteiger partial charge on any atom is -0.508 e. The van der Waals surface area contributed by atoms with Crippen LogP contribution < -0.4 is 0 Å². The van der Waals surface area contributed by atoms with Crippen LogP contribution in [0.4, 0.5) is 0 Å². The first-order valence-electron chi connectivity index (χ1n) is 6.84. The number of nitrogens with zero attached hydrogens (tertiary/aromatic N) is 1. The van der Waals surface area contributed by atoms with E-state index in [0.717, 1.165) is 36.7 Å². The number of aromatic hydroxyl groups is 1. The molecule has 2 rings (SSSR count). The average molecular weight is 326 g/mol. The predicted octanol–water partition coefficient (Wildman–Crippen LogP) is 3.10. The van der Waals surface area contributed by atoms with Crippen LogP contribution in [0.1, 0.15) is 31.2 Å². The molecule has 0 saturated heterocycles. The van der Waals surface area contributed by atoms with Gasteiger partial charge in [-0.1, -0.05) is 28.1 Å². The fraction of sp³-hybridized carbons (Fsp3) is 0.533. The van der Waals surface area contributed by atoms with Gasteiger partial charge in [0.15, 0.2) is 0 Å². The third-order valence-electron chi connectivity index (χ3n) is 3.63. The van der Waals surface area contributed by atoms with E-state index in [4.69, 9.17) is 0 Å². The Morgan fingerprint density at radius 3 is 2.79 bits per heavy atom. The Morgan fingerprint density at radius 2 is 2.21 bits per heavy atom. The lowest BCUT2D eigenvalue weighted by Gasteiger charge is -2.37. The third-order valence-corrected chi connectivity index (χ3v) is 4.20. The van der Waals surface area contributed by atoms with Crippen LogP contribution in [0.15, 0.2) is 24.3 Å². The number of phenols is 1. The second-order valence-electron chi connectivity index (χ2n) is 5.06. The fourth-order valence-electron chi connectivity index (χ4n) is 2.38. The Hall–Kier alpha value is -1.03. The maximum atomic E-state index is 12.4. The highest BCUT2D eigenvalue weighted by atomic mass is 79.9. The molecule has 1 aromatic rings. The Morgan fingerprint density at radius 1 is 1.42 bits per heavy atom. The van der Waals surface area contributed by atoms with Gasteiger partial charge in [-0.3, -0.25) is 4.79 Å². The van der Waals surface area contributed by atoms with Crippen molar-refractivity contribution in [1.29, 1.82) is 0 Å². The van der Waals surface area contributed by atoms with Gasteiger partial charge < -0.3 is 10.0 Å². The topological polar surface area (TPSA) is 40.5 Å². The molecule has 1 aliphatic carbocycles. The van der Waals surface area contributed by atoms with Gasteiger partial charge >= 0.3 is 0 Å². The molecule has 0 spiro atoms. The summed E-state index contributed by atoms with van der Waals surface area (Å²) in [6.07, 6.45) is 4.87. The number of benzene rings is 1. The first kappa shape index (κ1) is 14.4. The summed E-state index contributed by atoms with van der Waals surface area (Å²) in [4.78, 5) is 14.4. The monoisotopic (exact) mass is 325 g/mol. The summed E-state index contributed by atoms with van der Waals surface area (Å²) in [5.74, 6) is 0.400. The molecule has 19 heavy (non-hydrogen) atoms. The van der Waals surface area contributed by atoms with E-state index in [1.165, 1.54) is 6.42 Å².